The molecule has 11 heteroatoms. The third-order valence-electron chi connectivity index (χ3n) is 6.59. The van der Waals surface area contributed by atoms with E-state index in [9.17, 15) is 21.6 Å². The number of anilines is 3. The summed E-state index contributed by atoms with van der Waals surface area (Å²) < 4.78 is 62.4. The molecule has 4 aromatic carbocycles. The topological polar surface area (TPSA) is 122 Å². The maximum absolute atomic E-state index is 13.7. The summed E-state index contributed by atoms with van der Waals surface area (Å²) in [7, 11) is -6.58. The summed E-state index contributed by atoms with van der Waals surface area (Å²) >= 11 is 0. The Bertz CT molecular complexity index is 1790. The minimum atomic E-state index is -4.08. The first-order valence-electron chi connectivity index (χ1n) is 13.2. The highest BCUT2D eigenvalue weighted by molar-refractivity contribution is 7.93. The number of hydrogen-bond donors (Lipinski definition) is 2. The third-order valence-corrected chi connectivity index (χ3v) is 9.74. The second-order valence-electron chi connectivity index (χ2n) is 9.69. The molecule has 0 fully saturated rings. The van der Waals surface area contributed by atoms with Crippen molar-refractivity contribution < 1.29 is 26.4 Å². The number of nitrogens with zero attached hydrogens (tertiary/aromatic N) is 1. The van der Waals surface area contributed by atoms with Crippen LogP contribution >= 0.6 is 0 Å². The van der Waals surface area contributed by atoms with Crippen LogP contribution in [0, 0.1) is 13.8 Å². The Morgan fingerprint density at radius 3 is 2.07 bits per heavy atom. The molecule has 4 aromatic rings. The van der Waals surface area contributed by atoms with Gasteiger partial charge in [-0.1, -0.05) is 48.9 Å². The molecule has 9 nitrogen and oxygen atoms in total. The number of amides is 1. The van der Waals surface area contributed by atoms with Gasteiger partial charge in [-0.3, -0.25) is 13.8 Å². The number of benzene rings is 4. The molecule has 2 N–H and O–H groups in total. The van der Waals surface area contributed by atoms with Crippen molar-refractivity contribution in [3.05, 3.63) is 108 Å². The summed E-state index contributed by atoms with van der Waals surface area (Å²) in [6.07, 6.45) is 0.566. The largest absolute Gasteiger partial charge is 0.495 e. The molecular formula is C31H33N3O6S2. The summed E-state index contributed by atoms with van der Waals surface area (Å²) in [6.45, 7) is 5.12. The first-order chi connectivity index (χ1) is 19.9. The quantitative estimate of drug-likeness (QED) is 0.232. The van der Waals surface area contributed by atoms with E-state index in [1.165, 1.54) is 43.5 Å². The van der Waals surface area contributed by atoms with Gasteiger partial charge in [0.25, 0.3) is 20.0 Å². The normalized spacial score (nSPS) is 11.5. The van der Waals surface area contributed by atoms with Gasteiger partial charge in [-0.25, -0.2) is 16.8 Å². The molecule has 0 saturated heterocycles. The minimum Gasteiger partial charge on any atom is -0.495 e. The number of methoxy groups -OCH3 is 1. The molecule has 42 heavy (non-hydrogen) atoms. The maximum Gasteiger partial charge on any atom is 0.264 e. The van der Waals surface area contributed by atoms with Gasteiger partial charge in [0.05, 0.1) is 28.3 Å². The molecule has 0 aliphatic carbocycles. The molecule has 0 aromatic heterocycles. The molecule has 0 atom stereocenters. The highest BCUT2D eigenvalue weighted by atomic mass is 32.2. The number of carbonyl (C=O) groups excluding carboxylic acids is 1. The second-order valence-corrected chi connectivity index (χ2v) is 13.2. The van der Waals surface area contributed by atoms with E-state index in [2.05, 4.69) is 10.0 Å². The number of carbonyl (C=O) groups is 1. The fourth-order valence-corrected chi connectivity index (χ4v) is 6.86. The van der Waals surface area contributed by atoms with Gasteiger partial charge in [-0.05, 0) is 86.0 Å². The van der Waals surface area contributed by atoms with Crippen LogP contribution in [0.3, 0.4) is 0 Å². The van der Waals surface area contributed by atoms with Gasteiger partial charge >= 0.3 is 0 Å². The predicted octanol–water partition coefficient (Wildman–Crippen LogP) is 5.51. The van der Waals surface area contributed by atoms with E-state index in [-0.39, 0.29) is 9.79 Å². The molecule has 0 heterocycles. The van der Waals surface area contributed by atoms with Gasteiger partial charge in [0.1, 0.15) is 12.3 Å². The van der Waals surface area contributed by atoms with Gasteiger partial charge in [-0.15, -0.1) is 0 Å². The van der Waals surface area contributed by atoms with E-state index < -0.39 is 32.5 Å². The van der Waals surface area contributed by atoms with Crippen LogP contribution in [0.25, 0.3) is 0 Å². The van der Waals surface area contributed by atoms with Crippen molar-refractivity contribution in [3.63, 3.8) is 0 Å². The van der Waals surface area contributed by atoms with Gasteiger partial charge in [-0.2, -0.15) is 0 Å². The Kier molecular flexibility index (Phi) is 9.23. The van der Waals surface area contributed by atoms with Gasteiger partial charge in [0.2, 0.25) is 5.91 Å². The molecular weight excluding hydrogens is 574 g/mol. The van der Waals surface area contributed by atoms with Crippen molar-refractivity contribution in [1.29, 1.82) is 0 Å². The van der Waals surface area contributed by atoms with Crippen LogP contribution < -0.4 is 19.1 Å². The highest BCUT2D eigenvalue weighted by Gasteiger charge is 2.28. The number of nitrogens with one attached hydrogen (secondary N) is 2. The van der Waals surface area contributed by atoms with Crippen molar-refractivity contribution in [2.24, 2.45) is 0 Å². The number of sulfonamides is 2. The minimum absolute atomic E-state index is 0.0236. The lowest BCUT2D eigenvalue weighted by Gasteiger charge is -2.26. The van der Waals surface area contributed by atoms with Crippen molar-refractivity contribution in [3.8, 4) is 5.75 Å². The van der Waals surface area contributed by atoms with E-state index in [1.807, 2.05) is 39.0 Å². The highest BCUT2D eigenvalue weighted by Crippen LogP contribution is 2.29. The number of aryl methyl sites for hydroxylation is 3. The lowest BCUT2D eigenvalue weighted by atomic mass is 10.1. The summed E-state index contributed by atoms with van der Waals surface area (Å²) in [5.41, 5.74) is 3.56. The molecule has 0 radical (unpaired) electrons. The summed E-state index contributed by atoms with van der Waals surface area (Å²) in [6, 6.07) is 24.2. The van der Waals surface area contributed by atoms with Crippen molar-refractivity contribution in [1.82, 2.24) is 0 Å². The van der Waals surface area contributed by atoms with Crippen LogP contribution in [-0.4, -0.2) is 36.4 Å². The Morgan fingerprint density at radius 2 is 1.43 bits per heavy atom. The lowest BCUT2D eigenvalue weighted by Crippen LogP contribution is -2.38. The van der Waals surface area contributed by atoms with Gasteiger partial charge in [0, 0.05) is 5.69 Å². The number of hydrogen-bond acceptors (Lipinski definition) is 6. The monoisotopic (exact) mass is 607 g/mol. The zero-order valence-electron chi connectivity index (χ0n) is 23.8. The van der Waals surface area contributed by atoms with E-state index in [0.717, 1.165) is 21.0 Å². The number of para-hydroxylation sites is 1. The first-order valence-corrected chi connectivity index (χ1v) is 16.1. The molecule has 0 spiro atoms. The molecule has 4 rings (SSSR count). The van der Waals surface area contributed by atoms with Crippen LogP contribution in [0.4, 0.5) is 17.1 Å². The molecule has 1 amide bonds. The Balaban J connectivity index is 1.56. The SMILES string of the molecule is CCc1ccccc1N(CC(=O)Nc1ccc(S(=O)(=O)Nc2cc(C)ccc2OC)cc1)S(=O)(=O)c1ccc(C)cc1. The summed E-state index contributed by atoms with van der Waals surface area (Å²) in [5, 5.41) is 2.69. The van der Waals surface area contributed by atoms with Crippen LogP contribution in [-0.2, 0) is 31.3 Å². The van der Waals surface area contributed by atoms with Crippen molar-refractivity contribution in [2.45, 2.75) is 37.0 Å². The average Bonchev–Trinajstić information content (AvgIpc) is 2.96. The van der Waals surface area contributed by atoms with Crippen LogP contribution in [0.1, 0.15) is 23.6 Å². The van der Waals surface area contributed by atoms with Crippen molar-refractivity contribution >= 4 is 43.0 Å². The molecule has 0 bridgehead atoms. The Morgan fingerprint density at radius 1 is 0.810 bits per heavy atom. The summed E-state index contributed by atoms with van der Waals surface area (Å²) in [4.78, 5) is 13.2. The van der Waals surface area contributed by atoms with E-state index in [0.29, 0.717) is 29.2 Å². The van der Waals surface area contributed by atoms with Gasteiger partial charge in [0.15, 0.2) is 0 Å². The fraction of sp³-hybridized carbons (Fsp3) is 0.194. The molecule has 0 aliphatic heterocycles. The van der Waals surface area contributed by atoms with Gasteiger partial charge < -0.3 is 10.1 Å². The average molecular weight is 608 g/mol. The Labute approximate surface area is 247 Å². The van der Waals surface area contributed by atoms with E-state index >= 15 is 0 Å². The van der Waals surface area contributed by atoms with Crippen LogP contribution in [0.5, 0.6) is 5.75 Å². The van der Waals surface area contributed by atoms with Crippen LogP contribution in [0.2, 0.25) is 0 Å². The fourth-order valence-electron chi connectivity index (χ4n) is 4.34. The predicted molar refractivity (Wildman–Crippen MR) is 165 cm³/mol. The molecule has 0 aliphatic rings. The van der Waals surface area contributed by atoms with Crippen LogP contribution in [0.15, 0.2) is 101 Å². The Hall–Kier alpha value is -4.35. The maximum atomic E-state index is 13.7. The smallest absolute Gasteiger partial charge is 0.264 e. The molecule has 0 unspecified atom stereocenters. The van der Waals surface area contributed by atoms with E-state index in [1.54, 1.807) is 36.4 Å². The number of ether oxygens (including phenoxy) is 1. The zero-order valence-corrected chi connectivity index (χ0v) is 25.4. The standard InChI is InChI=1S/C31H33N3O6S2/c1-5-24-8-6-7-9-29(24)34(42(38,39)27-15-10-22(2)11-16-27)21-31(35)32-25-13-17-26(18-14-25)41(36,37)33-28-20-23(3)12-19-30(28)40-4/h6-20,33H,5,21H2,1-4H3,(H,32,35). The van der Waals surface area contributed by atoms with E-state index in [4.69, 9.17) is 4.74 Å². The summed E-state index contributed by atoms with van der Waals surface area (Å²) in [5.74, 6) is -0.210. The third kappa shape index (κ3) is 6.92. The first kappa shape index (κ1) is 30.6. The lowest BCUT2D eigenvalue weighted by molar-refractivity contribution is -0.114. The second kappa shape index (κ2) is 12.7. The van der Waals surface area contributed by atoms with Crippen molar-refractivity contribution in [2.75, 3.05) is 28.0 Å². The molecule has 220 valence electrons. The zero-order chi connectivity index (χ0) is 30.5. The molecule has 0 saturated carbocycles. The number of rotatable bonds is 11.